The van der Waals surface area contributed by atoms with E-state index in [4.69, 9.17) is 18.9 Å². The molecule has 5 aromatic rings. The molecule has 6 rings (SSSR count). The van der Waals surface area contributed by atoms with Gasteiger partial charge < -0.3 is 24.3 Å². The maximum absolute atomic E-state index is 13.3. The van der Waals surface area contributed by atoms with Crippen LogP contribution in [0.25, 0.3) is 17.0 Å². The van der Waals surface area contributed by atoms with Gasteiger partial charge in [-0.3, -0.25) is 4.79 Å². The molecule has 0 spiro atoms. The van der Waals surface area contributed by atoms with Gasteiger partial charge in [0.15, 0.2) is 11.5 Å². The van der Waals surface area contributed by atoms with Crippen LogP contribution in [-0.4, -0.2) is 53.1 Å². The van der Waals surface area contributed by atoms with Crippen molar-refractivity contribution in [2.75, 3.05) is 27.4 Å². The molecule has 0 fully saturated rings. The van der Waals surface area contributed by atoms with Crippen LogP contribution in [0.2, 0.25) is 0 Å². The maximum Gasteiger partial charge on any atom is 0.232 e. The SMILES string of the molecule is COc1ccc(-c2nnc3ccc(OCCNC(=O)C4c5ccccc5Oc5ccccc54)nn23)c(OC)c1. The molecule has 1 N–H and O–H groups in total. The summed E-state index contributed by atoms with van der Waals surface area (Å²) in [5, 5.41) is 16.0. The van der Waals surface area contributed by atoms with Gasteiger partial charge in [-0.1, -0.05) is 36.4 Å². The molecule has 39 heavy (non-hydrogen) atoms. The summed E-state index contributed by atoms with van der Waals surface area (Å²) in [7, 11) is 3.17. The highest BCUT2D eigenvalue weighted by molar-refractivity contribution is 5.89. The molecule has 1 aliphatic heterocycles. The van der Waals surface area contributed by atoms with Crippen LogP contribution in [0.15, 0.2) is 78.9 Å². The van der Waals surface area contributed by atoms with Gasteiger partial charge in [0.1, 0.15) is 29.6 Å². The Morgan fingerprint density at radius 3 is 2.38 bits per heavy atom. The van der Waals surface area contributed by atoms with E-state index in [-0.39, 0.29) is 12.5 Å². The van der Waals surface area contributed by atoms with Crippen LogP contribution in [0.5, 0.6) is 28.9 Å². The van der Waals surface area contributed by atoms with Crippen LogP contribution in [0.3, 0.4) is 0 Å². The van der Waals surface area contributed by atoms with E-state index < -0.39 is 5.92 Å². The molecule has 0 radical (unpaired) electrons. The molecule has 1 amide bonds. The topological polar surface area (TPSA) is 109 Å². The van der Waals surface area contributed by atoms with E-state index in [2.05, 4.69) is 20.6 Å². The molecule has 2 aromatic heterocycles. The molecule has 10 heteroatoms. The minimum Gasteiger partial charge on any atom is -0.497 e. The summed E-state index contributed by atoms with van der Waals surface area (Å²) in [6.07, 6.45) is 0. The lowest BCUT2D eigenvalue weighted by Gasteiger charge is -2.27. The quantitative estimate of drug-likeness (QED) is 0.301. The predicted molar refractivity (Wildman–Crippen MR) is 143 cm³/mol. The van der Waals surface area contributed by atoms with Crippen LogP contribution in [-0.2, 0) is 4.79 Å². The van der Waals surface area contributed by atoms with Crippen molar-refractivity contribution in [3.05, 3.63) is 90.0 Å². The minimum atomic E-state index is -0.473. The summed E-state index contributed by atoms with van der Waals surface area (Å²) in [6, 6.07) is 24.1. The molecule has 3 aromatic carbocycles. The number of carbonyl (C=O) groups is 1. The number of para-hydroxylation sites is 2. The number of hydrogen-bond donors (Lipinski definition) is 1. The second-order valence-corrected chi connectivity index (χ2v) is 8.78. The van der Waals surface area contributed by atoms with Crippen molar-refractivity contribution in [1.82, 2.24) is 25.1 Å². The number of hydrogen-bond acceptors (Lipinski definition) is 8. The molecular formula is C29H25N5O5. The Kier molecular flexibility index (Phi) is 6.42. The first kappa shape index (κ1) is 24.2. The number of amides is 1. The van der Waals surface area contributed by atoms with Gasteiger partial charge in [0.05, 0.1) is 32.2 Å². The van der Waals surface area contributed by atoms with E-state index >= 15 is 0 Å². The van der Waals surface area contributed by atoms with E-state index in [1.54, 1.807) is 36.9 Å². The lowest BCUT2D eigenvalue weighted by atomic mass is 9.87. The van der Waals surface area contributed by atoms with E-state index in [1.165, 1.54) is 0 Å². The zero-order valence-electron chi connectivity index (χ0n) is 21.3. The zero-order chi connectivity index (χ0) is 26.8. The summed E-state index contributed by atoms with van der Waals surface area (Å²) < 4.78 is 24.3. The number of benzene rings is 3. The molecule has 0 atom stereocenters. The van der Waals surface area contributed by atoms with Crippen molar-refractivity contribution < 1.29 is 23.7 Å². The van der Waals surface area contributed by atoms with Gasteiger partial charge in [-0.05, 0) is 30.3 Å². The Bertz CT molecular complexity index is 1620. The van der Waals surface area contributed by atoms with Gasteiger partial charge in [-0.15, -0.1) is 15.3 Å². The number of ether oxygens (including phenoxy) is 4. The number of carbonyl (C=O) groups excluding carboxylic acids is 1. The highest BCUT2D eigenvalue weighted by Gasteiger charge is 2.32. The molecule has 196 valence electrons. The Morgan fingerprint density at radius 1 is 0.923 bits per heavy atom. The van der Waals surface area contributed by atoms with Gasteiger partial charge in [0.25, 0.3) is 0 Å². The minimum absolute atomic E-state index is 0.127. The van der Waals surface area contributed by atoms with Crippen LogP contribution < -0.4 is 24.3 Å². The number of nitrogens with one attached hydrogen (secondary N) is 1. The molecule has 0 aliphatic carbocycles. The molecule has 1 aliphatic rings. The van der Waals surface area contributed by atoms with Crippen molar-refractivity contribution in [1.29, 1.82) is 0 Å². The fraction of sp³-hybridized carbons (Fsp3) is 0.172. The van der Waals surface area contributed by atoms with Crippen LogP contribution in [0.4, 0.5) is 0 Å². The summed E-state index contributed by atoms with van der Waals surface area (Å²) in [4.78, 5) is 13.3. The van der Waals surface area contributed by atoms with E-state index in [9.17, 15) is 4.79 Å². The fourth-order valence-electron chi connectivity index (χ4n) is 4.62. The van der Waals surface area contributed by atoms with E-state index in [0.717, 1.165) is 11.1 Å². The highest BCUT2D eigenvalue weighted by Crippen LogP contribution is 2.43. The van der Waals surface area contributed by atoms with Crippen molar-refractivity contribution in [2.45, 2.75) is 5.92 Å². The molecule has 10 nitrogen and oxygen atoms in total. The first-order chi connectivity index (χ1) is 19.2. The fourth-order valence-corrected chi connectivity index (χ4v) is 4.62. The van der Waals surface area contributed by atoms with Gasteiger partial charge in [-0.25, -0.2) is 0 Å². The third kappa shape index (κ3) is 4.56. The monoisotopic (exact) mass is 523 g/mol. The number of fused-ring (bicyclic) bond motifs is 3. The largest absolute Gasteiger partial charge is 0.497 e. The Morgan fingerprint density at radius 2 is 1.67 bits per heavy atom. The lowest BCUT2D eigenvalue weighted by Crippen LogP contribution is -2.34. The van der Waals surface area contributed by atoms with E-state index in [0.29, 0.717) is 52.5 Å². The second kappa shape index (κ2) is 10.3. The van der Waals surface area contributed by atoms with Crippen molar-refractivity contribution >= 4 is 11.6 Å². The second-order valence-electron chi connectivity index (χ2n) is 8.78. The molecule has 0 bridgehead atoms. The van der Waals surface area contributed by atoms with Crippen LogP contribution in [0, 0.1) is 0 Å². The summed E-state index contributed by atoms with van der Waals surface area (Å²) >= 11 is 0. The standard InChI is InChI=1S/C29H25N5O5/c1-36-18-11-12-21(24(17-18)37-2)28-32-31-25-13-14-26(33-34(25)28)38-16-15-30-29(35)27-19-7-3-5-9-22(19)39-23-10-6-4-8-20(23)27/h3-14,17,27H,15-16H2,1-2H3,(H,30,35). The third-order valence-electron chi connectivity index (χ3n) is 6.48. The molecule has 0 unspecified atom stereocenters. The van der Waals surface area contributed by atoms with Crippen molar-refractivity contribution in [3.8, 4) is 40.3 Å². The Hall–Kier alpha value is -5.12. The average Bonchev–Trinajstić information content (AvgIpc) is 3.40. The zero-order valence-corrected chi connectivity index (χ0v) is 21.3. The maximum atomic E-state index is 13.3. The van der Waals surface area contributed by atoms with Gasteiger partial charge in [0, 0.05) is 23.3 Å². The summed E-state index contributed by atoms with van der Waals surface area (Å²) in [5.74, 6) is 2.88. The Balaban J connectivity index is 1.15. The summed E-state index contributed by atoms with van der Waals surface area (Å²) in [5.41, 5.74) is 2.92. The molecule has 3 heterocycles. The molecule has 0 saturated carbocycles. The van der Waals surface area contributed by atoms with Crippen molar-refractivity contribution in [3.63, 3.8) is 0 Å². The van der Waals surface area contributed by atoms with Crippen LogP contribution >= 0.6 is 0 Å². The first-order valence-corrected chi connectivity index (χ1v) is 12.4. The summed E-state index contributed by atoms with van der Waals surface area (Å²) in [6.45, 7) is 0.516. The number of aromatic nitrogens is 4. The third-order valence-corrected chi connectivity index (χ3v) is 6.48. The van der Waals surface area contributed by atoms with Gasteiger partial charge in [-0.2, -0.15) is 4.52 Å². The number of methoxy groups -OCH3 is 2. The van der Waals surface area contributed by atoms with Gasteiger partial charge in [0.2, 0.25) is 11.8 Å². The normalized spacial score (nSPS) is 12.3. The van der Waals surface area contributed by atoms with E-state index in [1.807, 2.05) is 60.7 Å². The molecular weight excluding hydrogens is 498 g/mol. The number of nitrogens with zero attached hydrogens (tertiary/aromatic N) is 4. The average molecular weight is 524 g/mol. The predicted octanol–water partition coefficient (Wildman–Crippen LogP) is 4.24. The number of rotatable bonds is 8. The lowest BCUT2D eigenvalue weighted by molar-refractivity contribution is -0.121. The Labute approximate surface area is 224 Å². The van der Waals surface area contributed by atoms with Crippen molar-refractivity contribution in [2.24, 2.45) is 0 Å². The van der Waals surface area contributed by atoms with Gasteiger partial charge >= 0.3 is 0 Å². The first-order valence-electron chi connectivity index (χ1n) is 12.4. The van der Waals surface area contributed by atoms with Crippen LogP contribution in [0.1, 0.15) is 17.0 Å². The molecule has 0 saturated heterocycles. The highest BCUT2D eigenvalue weighted by atomic mass is 16.5. The smallest absolute Gasteiger partial charge is 0.232 e.